The van der Waals surface area contributed by atoms with Crippen molar-refractivity contribution >= 4 is 23.8 Å². The van der Waals surface area contributed by atoms with E-state index >= 15 is 0 Å². The molecule has 2 aromatic heterocycles. The standard InChI is InChI=1S/C31H36N6O2/c1-34(26-12-16-30(38-3)17-13-26)32-24-28-10-5-7-20-36(28)22-9-23-37-21-8-6-11-29(37)25-33-35(2)27-14-18-31(39-4)19-15-27/h5-8,10-21,24-25H,9,22-23H2,1-4H3/q+2. The van der Waals surface area contributed by atoms with Gasteiger partial charge in [-0.25, -0.2) is 0 Å². The van der Waals surface area contributed by atoms with Gasteiger partial charge in [0.1, 0.15) is 23.9 Å². The van der Waals surface area contributed by atoms with Gasteiger partial charge in [-0.3, -0.25) is 10.0 Å². The fourth-order valence-electron chi connectivity index (χ4n) is 4.05. The van der Waals surface area contributed by atoms with Crippen molar-refractivity contribution in [2.45, 2.75) is 19.5 Å². The van der Waals surface area contributed by atoms with Crippen molar-refractivity contribution in [1.29, 1.82) is 0 Å². The van der Waals surface area contributed by atoms with Gasteiger partial charge < -0.3 is 9.47 Å². The van der Waals surface area contributed by atoms with Gasteiger partial charge in [0.05, 0.1) is 32.0 Å². The molecule has 0 atom stereocenters. The van der Waals surface area contributed by atoms with Crippen molar-refractivity contribution in [2.75, 3.05) is 38.3 Å². The molecule has 0 bridgehead atoms. The number of hydrogen-bond donors (Lipinski definition) is 0. The van der Waals surface area contributed by atoms with Crippen LogP contribution in [-0.2, 0) is 13.1 Å². The van der Waals surface area contributed by atoms with Gasteiger partial charge in [0.2, 0.25) is 11.4 Å². The van der Waals surface area contributed by atoms with Crippen molar-refractivity contribution < 1.29 is 18.6 Å². The summed E-state index contributed by atoms with van der Waals surface area (Å²) in [6, 6.07) is 28.0. The zero-order valence-electron chi connectivity index (χ0n) is 23.0. The topological polar surface area (TPSA) is 57.4 Å². The Labute approximate surface area is 230 Å². The summed E-state index contributed by atoms with van der Waals surface area (Å²) in [4.78, 5) is 0. The van der Waals surface area contributed by atoms with Gasteiger partial charge in [0, 0.05) is 38.4 Å². The van der Waals surface area contributed by atoms with E-state index in [-0.39, 0.29) is 0 Å². The SMILES string of the molecule is COc1ccc(N(C)/N=C/c2cccc[n+]2CCC[n+]2ccccc2/C=N/N(C)c2ccc(OC)cc2)cc1. The number of hydrogen-bond acceptors (Lipinski definition) is 6. The Morgan fingerprint density at radius 2 is 1.03 bits per heavy atom. The van der Waals surface area contributed by atoms with E-state index in [1.807, 2.05) is 109 Å². The molecule has 0 amide bonds. The first-order valence-electron chi connectivity index (χ1n) is 12.9. The van der Waals surface area contributed by atoms with Crippen LogP contribution in [0.15, 0.2) is 108 Å². The summed E-state index contributed by atoms with van der Waals surface area (Å²) in [5.41, 5.74) is 4.06. The van der Waals surface area contributed by atoms with Crippen LogP contribution in [0.25, 0.3) is 0 Å². The van der Waals surface area contributed by atoms with Crippen LogP contribution in [0, 0.1) is 0 Å². The number of aromatic nitrogens is 2. The molecular weight excluding hydrogens is 488 g/mol. The fourth-order valence-corrected chi connectivity index (χ4v) is 4.05. The second-order valence-corrected chi connectivity index (χ2v) is 8.92. The van der Waals surface area contributed by atoms with Crippen LogP contribution in [-0.4, -0.2) is 40.7 Å². The maximum atomic E-state index is 5.25. The van der Waals surface area contributed by atoms with Crippen LogP contribution < -0.4 is 28.6 Å². The van der Waals surface area contributed by atoms with Gasteiger partial charge >= 0.3 is 0 Å². The maximum Gasteiger partial charge on any atom is 0.225 e. The summed E-state index contributed by atoms with van der Waals surface area (Å²) in [7, 11) is 7.20. The molecule has 0 aliphatic heterocycles. The zero-order valence-corrected chi connectivity index (χ0v) is 23.0. The second-order valence-electron chi connectivity index (χ2n) is 8.92. The Kier molecular flexibility index (Phi) is 9.61. The number of aryl methyl sites for hydroxylation is 2. The highest BCUT2D eigenvalue weighted by molar-refractivity contribution is 5.76. The van der Waals surface area contributed by atoms with Crippen LogP contribution in [0.5, 0.6) is 11.5 Å². The van der Waals surface area contributed by atoms with Gasteiger partial charge in [-0.2, -0.15) is 19.3 Å². The summed E-state index contributed by atoms with van der Waals surface area (Å²) < 4.78 is 14.9. The van der Waals surface area contributed by atoms with Gasteiger partial charge in [0.25, 0.3) is 0 Å². The molecule has 0 N–H and O–H groups in total. The van der Waals surface area contributed by atoms with E-state index in [0.717, 1.165) is 53.8 Å². The minimum absolute atomic E-state index is 0.826. The molecule has 8 heteroatoms. The second kappa shape index (κ2) is 13.7. The van der Waals surface area contributed by atoms with E-state index in [1.54, 1.807) is 14.2 Å². The molecule has 0 aliphatic carbocycles. The smallest absolute Gasteiger partial charge is 0.225 e. The van der Waals surface area contributed by atoms with Crippen LogP contribution in [0.4, 0.5) is 11.4 Å². The number of benzene rings is 2. The molecule has 0 spiro atoms. The summed E-state index contributed by atoms with van der Waals surface area (Å²) in [5.74, 6) is 1.65. The van der Waals surface area contributed by atoms with Crippen LogP contribution >= 0.6 is 0 Å². The van der Waals surface area contributed by atoms with E-state index in [4.69, 9.17) is 9.47 Å². The average Bonchev–Trinajstić information content (AvgIpc) is 2.99. The van der Waals surface area contributed by atoms with Gasteiger partial charge in [-0.15, -0.1) is 0 Å². The molecule has 4 rings (SSSR count). The van der Waals surface area contributed by atoms with E-state index in [2.05, 4.69) is 43.9 Å². The van der Waals surface area contributed by atoms with Gasteiger partial charge in [0.15, 0.2) is 25.5 Å². The van der Waals surface area contributed by atoms with E-state index in [1.165, 1.54) is 0 Å². The minimum atomic E-state index is 0.826. The molecule has 8 nitrogen and oxygen atoms in total. The van der Waals surface area contributed by atoms with Crippen molar-refractivity contribution in [3.05, 3.63) is 109 Å². The first kappa shape index (κ1) is 27.3. The Morgan fingerprint density at radius 1 is 0.615 bits per heavy atom. The van der Waals surface area contributed by atoms with Crippen LogP contribution in [0.3, 0.4) is 0 Å². The molecule has 0 saturated carbocycles. The maximum absolute atomic E-state index is 5.25. The van der Waals surface area contributed by atoms with Crippen LogP contribution in [0.1, 0.15) is 17.8 Å². The van der Waals surface area contributed by atoms with Crippen molar-refractivity contribution in [2.24, 2.45) is 10.2 Å². The lowest BCUT2D eigenvalue weighted by atomic mass is 10.3. The number of hydrazone groups is 2. The number of pyridine rings is 2. The highest BCUT2D eigenvalue weighted by atomic mass is 16.5. The predicted octanol–water partition coefficient (Wildman–Crippen LogP) is 4.31. The number of nitrogens with zero attached hydrogens (tertiary/aromatic N) is 6. The Hall–Kier alpha value is -4.72. The molecule has 2 heterocycles. The third kappa shape index (κ3) is 7.64. The van der Waals surface area contributed by atoms with Gasteiger partial charge in [-0.05, 0) is 60.7 Å². The van der Waals surface area contributed by atoms with Crippen LogP contribution in [0.2, 0.25) is 0 Å². The summed E-state index contributed by atoms with van der Waals surface area (Å²) >= 11 is 0. The number of methoxy groups -OCH3 is 2. The van der Waals surface area contributed by atoms with E-state index in [9.17, 15) is 0 Å². The van der Waals surface area contributed by atoms with E-state index < -0.39 is 0 Å². The minimum Gasteiger partial charge on any atom is -0.497 e. The lowest BCUT2D eigenvalue weighted by molar-refractivity contribution is -0.727. The third-order valence-electron chi connectivity index (χ3n) is 6.37. The predicted molar refractivity (Wildman–Crippen MR) is 156 cm³/mol. The Morgan fingerprint density at radius 3 is 1.41 bits per heavy atom. The van der Waals surface area contributed by atoms with Crippen molar-refractivity contribution in [1.82, 2.24) is 0 Å². The monoisotopic (exact) mass is 524 g/mol. The average molecular weight is 525 g/mol. The molecule has 39 heavy (non-hydrogen) atoms. The first-order chi connectivity index (χ1) is 19.1. The Bertz CT molecular complexity index is 1280. The molecule has 0 radical (unpaired) electrons. The van der Waals surface area contributed by atoms with Gasteiger partial charge in [-0.1, -0.05) is 0 Å². The lowest BCUT2D eigenvalue weighted by Gasteiger charge is -2.13. The quantitative estimate of drug-likeness (QED) is 0.157. The summed E-state index contributed by atoms with van der Waals surface area (Å²) in [6.45, 7) is 1.72. The molecule has 2 aromatic carbocycles. The summed E-state index contributed by atoms with van der Waals surface area (Å²) in [5, 5.41) is 13.0. The largest absolute Gasteiger partial charge is 0.497 e. The van der Waals surface area contributed by atoms with Crippen molar-refractivity contribution in [3.63, 3.8) is 0 Å². The van der Waals surface area contributed by atoms with Crippen molar-refractivity contribution in [3.8, 4) is 11.5 Å². The zero-order chi connectivity index (χ0) is 27.5. The molecule has 4 aromatic rings. The summed E-state index contributed by atoms with van der Waals surface area (Å²) in [6.07, 6.45) is 8.93. The highest BCUT2D eigenvalue weighted by Gasteiger charge is 2.12. The molecule has 0 fully saturated rings. The first-order valence-corrected chi connectivity index (χ1v) is 12.9. The number of rotatable bonds is 12. The lowest BCUT2D eigenvalue weighted by Crippen LogP contribution is -2.43. The normalized spacial score (nSPS) is 11.2. The Balaban J connectivity index is 1.37. The third-order valence-corrected chi connectivity index (χ3v) is 6.37. The highest BCUT2D eigenvalue weighted by Crippen LogP contribution is 2.19. The number of ether oxygens (including phenoxy) is 2. The molecule has 0 saturated heterocycles. The molecule has 0 unspecified atom stereocenters. The number of anilines is 2. The molecule has 0 aliphatic rings. The molecular formula is C31H36N6O2+2. The fraction of sp³-hybridized carbons (Fsp3) is 0.226. The van der Waals surface area contributed by atoms with E-state index in [0.29, 0.717) is 0 Å². The molecule has 200 valence electrons.